The van der Waals surface area contributed by atoms with Gasteiger partial charge in [-0.15, -0.1) is 10.2 Å². The summed E-state index contributed by atoms with van der Waals surface area (Å²) in [5.74, 6) is 0.320. The highest BCUT2D eigenvalue weighted by Crippen LogP contribution is 2.24. The number of esters is 1. The zero-order valence-electron chi connectivity index (χ0n) is 9.03. The molecule has 0 atom stereocenters. The number of methoxy groups -OCH3 is 1. The molecule has 1 aromatic heterocycles. The van der Waals surface area contributed by atoms with Gasteiger partial charge in [0.2, 0.25) is 0 Å². The van der Waals surface area contributed by atoms with Crippen LogP contribution in [0.15, 0.2) is 36.7 Å². The molecule has 2 aromatic rings. The number of hydrogen-bond acceptors (Lipinski definition) is 6. The van der Waals surface area contributed by atoms with E-state index in [2.05, 4.69) is 20.1 Å². The molecule has 0 amide bonds. The van der Waals surface area contributed by atoms with Gasteiger partial charge in [-0.25, -0.2) is 4.79 Å². The molecule has 6 nitrogen and oxygen atoms in total. The Balaban J connectivity index is 2.30. The lowest BCUT2D eigenvalue weighted by molar-refractivity contribution is 0.0598. The van der Waals surface area contributed by atoms with E-state index in [0.717, 1.165) is 0 Å². The molecule has 0 aliphatic rings. The average Bonchev–Trinajstić information content (AvgIpc) is 2.40. The fourth-order valence-corrected chi connectivity index (χ4v) is 1.24. The van der Waals surface area contributed by atoms with E-state index in [-0.39, 0.29) is 0 Å². The number of para-hydroxylation sites is 1. The largest absolute Gasteiger partial charge is 0.465 e. The Hall–Kier alpha value is -2.50. The molecular weight excluding hydrogens is 222 g/mol. The molecule has 6 heteroatoms. The Labute approximate surface area is 97.2 Å². The van der Waals surface area contributed by atoms with Crippen LogP contribution in [0.4, 0.5) is 0 Å². The van der Waals surface area contributed by atoms with E-state index in [1.54, 1.807) is 24.3 Å². The van der Waals surface area contributed by atoms with Gasteiger partial charge in [-0.3, -0.25) is 0 Å². The lowest BCUT2D eigenvalue weighted by Gasteiger charge is -2.08. The zero-order valence-corrected chi connectivity index (χ0v) is 9.03. The third kappa shape index (κ3) is 2.54. The molecule has 0 N–H and O–H groups in total. The lowest BCUT2D eigenvalue weighted by atomic mass is 10.2. The van der Waals surface area contributed by atoms with Crippen LogP contribution in [0.1, 0.15) is 10.4 Å². The Morgan fingerprint density at radius 3 is 2.59 bits per heavy atom. The second-order valence-corrected chi connectivity index (χ2v) is 3.07. The van der Waals surface area contributed by atoms with Gasteiger partial charge in [-0.05, 0) is 17.3 Å². The first kappa shape index (κ1) is 11.0. The van der Waals surface area contributed by atoms with Gasteiger partial charge in [0.1, 0.15) is 11.3 Å². The predicted molar refractivity (Wildman–Crippen MR) is 57.7 cm³/mol. The number of nitrogens with zero attached hydrogens (tertiary/aromatic N) is 3. The average molecular weight is 231 g/mol. The van der Waals surface area contributed by atoms with Crippen LogP contribution in [0.2, 0.25) is 0 Å². The van der Waals surface area contributed by atoms with Crippen LogP contribution in [0.3, 0.4) is 0 Å². The first-order valence-electron chi connectivity index (χ1n) is 4.80. The molecule has 17 heavy (non-hydrogen) atoms. The van der Waals surface area contributed by atoms with Crippen LogP contribution in [0.5, 0.6) is 11.5 Å². The van der Waals surface area contributed by atoms with E-state index < -0.39 is 5.97 Å². The minimum atomic E-state index is -0.462. The Morgan fingerprint density at radius 2 is 1.88 bits per heavy atom. The molecule has 0 aliphatic heterocycles. The summed E-state index contributed by atoms with van der Waals surface area (Å²) in [5.41, 5.74) is 0.340. The maximum atomic E-state index is 11.5. The first-order chi connectivity index (χ1) is 8.31. The minimum absolute atomic E-state index is 0.340. The molecule has 2 rings (SSSR count). The number of benzene rings is 1. The Bertz CT molecular complexity index is 516. The van der Waals surface area contributed by atoms with Gasteiger partial charge in [0.05, 0.1) is 19.5 Å². The molecule has 0 radical (unpaired) electrons. The van der Waals surface area contributed by atoms with Crippen molar-refractivity contribution in [1.29, 1.82) is 0 Å². The molecule has 1 aromatic carbocycles. The van der Waals surface area contributed by atoms with Crippen molar-refractivity contribution in [2.75, 3.05) is 7.11 Å². The monoisotopic (exact) mass is 231 g/mol. The fourth-order valence-electron chi connectivity index (χ4n) is 1.24. The molecule has 0 bridgehead atoms. The van der Waals surface area contributed by atoms with Crippen molar-refractivity contribution in [3.63, 3.8) is 0 Å². The highest BCUT2D eigenvalue weighted by molar-refractivity contribution is 5.92. The minimum Gasteiger partial charge on any atom is -0.465 e. The van der Waals surface area contributed by atoms with Crippen molar-refractivity contribution in [1.82, 2.24) is 15.4 Å². The van der Waals surface area contributed by atoms with Crippen molar-refractivity contribution >= 4 is 5.97 Å². The van der Waals surface area contributed by atoms with Gasteiger partial charge in [0, 0.05) is 0 Å². The summed E-state index contributed by atoms with van der Waals surface area (Å²) >= 11 is 0. The summed E-state index contributed by atoms with van der Waals surface area (Å²) in [4.78, 5) is 11.5. The number of rotatable bonds is 3. The topological polar surface area (TPSA) is 74.2 Å². The van der Waals surface area contributed by atoms with E-state index in [4.69, 9.17) is 4.74 Å². The third-order valence-electron chi connectivity index (χ3n) is 1.99. The van der Waals surface area contributed by atoms with Gasteiger partial charge in [-0.1, -0.05) is 12.1 Å². The standard InChI is InChI=1S/C11H9N3O3/c1-16-11(15)9-4-2-3-5-10(9)17-8-6-12-14-13-7-8/h2-7H,1H3. The Morgan fingerprint density at radius 1 is 1.18 bits per heavy atom. The molecule has 0 unspecified atom stereocenters. The normalized spacial score (nSPS) is 9.71. The second kappa shape index (κ2) is 5.02. The molecule has 0 fully saturated rings. The van der Waals surface area contributed by atoms with Crippen molar-refractivity contribution in [3.05, 3.63) is 42.2 Å². The molecule has 0 saturated carbocycles. The van der Waals surface area contributed by atoms with Crippen LogP contribution < -0.4 is 4.74 Å². The fraction of sp³-hybridized carbons (Fsp3) is 0.0909. The van der Waals surface area contributed by atoms with Gasteiger partial charge in [-0.2, -0.15) is 0 Å². The number of hydrogen-bond donors (Lipinski definition) is 0. The van der Waals surface area contributed by atoms with Crippen molar-refractivity contribution < 1.29 is 14.3 Å². The van der Waals surface area contributed by atoms with E-state index in [1.165, 1.54) is 19.5 Å². The maximum Gasteiger partial charge on any atom is 0.341 e. The smallest absolute Gasteiger partial charge is 0.341 e. The number of ether oxygens (including phenoxy) is 2. The summed E-state index contributed by atoms with van der Waals surface area (Å²) in [6.45, 7) is 0. The van der Waals surface area contributed by atoms with Crippen LogP contribution in [-0.2, 0) is 4.74 Å². The number of aromatic nitrogens is 3. The van der Waals surface area contributed by atoms with Gasteiger partial charge >= 0.3 is 5.97 Å². The molecule has 0 spiro atoms. The second-order valence-electron chi connectivity index (χ2n) is 3.07. The molecule has 0 saturated heterocycles. The Kier molecular flexibility index (Phi) is 3.25. The number of carbonyl (C=O) groups is 1. The lowest BCUT2D eigenvalue weighted by Crippen LogP contribution is -2.03. The summed E-state index contributed by atoms with van der Waals surface area (Å²) in [5, 5.41) is 10.5. The molecular formula is C11H9N3O3. The molecule has 1 heterocycles. The summed E-state index contributed by atoms with van der Waals surface area (Å²) in [6, 6.07) is 6.75. The van der Waals surface area contributed by atoms with E-state index in [9.17, 15) is 4.79 Å². The molecule has 0 aliphatic carbocycles. The molecule has 86 valence electrons. The maximum absolute atomic E-state index is 11.5. The van der Waals surface area contributed by atoms with Crippen molar-refractivity contribution in [2.24, 2.45) is 0 Å². The summed E-state index contributed by atoms with van der Waals surface area (Å²) in [7, 11) is 1.31. The summed E-state index contributed by atoms with van der Waals surface area (Å²) in [6.07, 6.45) is 2.81. The van der Waals surface area contributed by atoms with Crippen molar-refractivity contribution in [2.45, 2.75) is 0 Å². The number of carbonyl (C=O) groups excluding carboxylic acids is 1. The van der Waals surface area contributed by atoms with Crippen LogP contribution in [0.25, 0.3) is 0 Å². The van der Waals surface area contributed by atoms with E-state index >= 15 is 0 Å². The zero-order chi connectivity index (χ0) is 12.1. The van der Waals surface area contributed by atoms with Crippen molar-refractivity contribution in [3.8, 4) is 11.5 Å². The van der Waals surface area contributed by atoms with Gasteiger partial charge < -0.3 is 9.47 Å². The third-order valence-corrected chi connectivity index (χ3v) is 1.99. The SMILES string of the molecule is COC(=O)c1ccccc1Oc1cnnnc1. The quantitative estimate of drug-likeness (QED) is 0.744. The van der Waals surface area contributed by atoms with Gasteiger partial charge in [0.15, 0.2) is 5.75 Å². The highest BCUT2D eigenvalue weighted by atomic mass is 16.5. The summed E-state index contributed by atoms with van der Waals surface area (Å²) < 4.78 is 10.1. The van der Waals surface area contributed by atoms with Crippen LogP contribution >= 0.6 is 0 Å². The van der Waals surface area contributed by atoms with Gasteiger partial charge in [0.25, 0.3) is 0 Å². The predicted octanol–water partition coefficient (Wildman–Crippen LogP) is 1.45. The van der Waals surface area contributed by atoms with Crippen LogP contribution in [0, 0.1) is 0 Å². The van der Waals surface area contributed by atoms with E-state index in [1.807, 2.05) is 0 Å². The van der Waals surface area contributed by atoms with Crippen LogP contribution in [-0.4, -0.2) is 28.5 Å². The first-order valence-corrected chi connectivity index (χ1v) is 4.80. The van der Waals surface area contributed by atoms with E-state index in [0.29, 0.717) is 17.1 Å². The highest BCUT2D eigenvalue weighted by Gasteiger charge is 2.12.